The Balaban J connectivity index is 1.48. The molecule has 0 atom stereocenters. The van der Waals surface area contributed by atoms with Gasteiger partial charge in [-0.05, 0) is 29.7 Å². The van der Waals surface area contributed by atoms with E-state index >= 15 is 0 Å². The number of thiophene rings is 1. The summed E-state index contributed by atoms with van der Waals surface area (Å²) in [5, 5.41) is 3.17. The number of fused-ring (bicyclic) bond motifs is 1. The van der Waals surface area contributed by atoms with Crippen molar-refractivity contribution in [1.82, 2.24) is 15.1 Å². The molecule has 8 heteroatoms. The first kappa shape index (κ1) is 14.1. The van der Waals surface area contributed by atoms with Crippen LogP contribution in [-0.4, -0.2) is 53.3 Å². The van der Waals surface area contributed by atoms with Crippen molar-refractivity contribution in [3.63, 3.8) is 0 Å². The van der Waals surface area contributed by atoms with Gasteiger partial charge in [-0.25, -0.2) is 9.18 Å². The number of urea groups is 1. The first-order valence-corrected chi connectivity index (χ1v) is 7.93. The van der Waals surface area contributed by atoms with Crippen LogP contribution in [0.3, 0.4) is 0 Å². The second-order valence-electron chi connectivity index (χ2n) is 5.58. The summed E-state index contributed by atoms with van der Waals surface area (Å²) in [6.07, 6.45) is 0. The molecule has 3 heterocycles. The van der Waals surface area contributed by atoms with E-state index in [0.717, 1.165) is 4.70 Å². The molecule has 23 heavy (non-hydrogen) atoms. The standard InChI is InChI=1S/C15H12FN3O3S/c16-9-1-2-11-8(3-9)4-12(23-11)14(21)18-6-10(7-18)19-13(20)5-17-15(19)22/h1-4,10H,5-7H2,(H,17,22). The number of likely N-dealkylation sites (tertiary alicyclic amines) is 1. The fourth-order valence-corrected chi connectivity index (χ4v) is 3.88. The molecule has 4 rings (SSSR count). The third-order valence-electron chi connectivity index (χ3n) is 4.08. The summed E-state index contributed by atoms with van der Waals surface area (Å²) in [7, 11) is 0. The van der Waals surface area contributed by atoms with Crippen LogP contribution < -0.4 is 5.32 Å². The maximum absolute atomic E-state index is 13.2. The monoisotopic (exact) mass is 333 g/mol. The fraction of sp³-hybridized carbons (Fsp3) is 0.267. The van der Waals surface area contributed by atoms with E-state index < -0.39 is 6.03 Å². The zero-order valence-corrected chi connectivity index (χ0v) is 12.7. The number of nitrogens with one attached hydrogen (secondary N) is 1. The average molecular weight is 333 g/mol. The van der Waals surface area contributed by atoms with E-state index in [9.17, 15) is 18.8 Å². The highest BCUT2D eigenvalue weighted by atomic mass is 32.1. The summed E-state index contributed by atoms with van der Waals surface area (Å²) in [5.74, 6) is -0.753. The van der Waals surface area contributed by atoms with E-state index in [-0.39, 0.29) is 30.2 Å². The molecule has 6 nitrogen and oxygen atoms in total. The number of imide groups is 1. The molecule has 2 aliphatic rings. The van der Waals surface area contributed by atoms with Crippen molar-refractivity contribution in [1.29, 1.82) is 0 Å². The van der Waals surface area contributed by atoms with Gasteiger partial charge >= 0.3 is 6.03 Å². The molecule has 2 saturated heterocycles. The molecule has 1 aromatic carbocycles. The Labute approximate surface area is 134 Å². The first-order valence-electron chi connectivity index (χ1n) is 7.11. The van der Waals surface area contributed by atoms with Gasteiger partial charge in [0.2, 0.25) is 5.91 Å². The van der Waals surface area contributed by atoms with E-state index in [4.69, 9.17) is 0 Å². The zero-order chi connectivity index (χ0) is 16.1. The maximum Gasteiger partial charge on any atom is 0.324 e. The largest absolute Gasteiger partial charge is 0.334 e. The van der Waals surface area contributed by atoms with E-state index in [1.54, 1.807) is 17.0 Å². The highest BCUT2D eigenvalue weighted by Gasteiger charge is 2.43. The molecule has 2 fully saturated rings. The second kappa shape index (κ2) is 5.02. The minimum atomic E-state index is -0.399. The SMILES string of the molecule is O=C(c1cc2cc(F)ccc2s1)N1CC(N2C(=O)CNC2=O)C1. The molecule has 0 radical (unpaired) electrons. The minimum Gasteiger partial charge on any atom is -0.334 e. The summed E-state index contributed by atoms with van der Waals surface area (Å²) in [6, 6.07) is 5.43. The van der Waals surface area contributed by atoms with E-state index in [1.165, 1.54) is 28.4 Å². The molecular formula is C15H12FN3O3S. The lowest BCUT2D eigenvalue weighted by atomic mass is 10.1. The highest BCUT2D eigenvalue weighted by molar-refractivity contribution is 7.20. The number of halogens is 1. The number of nitrogens with zero attached hydrogens (tertiary/aromatic N) is 2. The summed E-state index contributed by atoms with van der Waals surface area (Å²) in [6.45, 7) is 0.687. The molecule has 1 aromatic heterocycles. The van der Waals surface area contributed by atoms with Gasteiger partial charge in [-0.2, -0.15) is 0 Å². The summed E-state index contributed by atoms with van der Waals surface area (Å²) in [4.78, 5) is 38.9. The maximum atomic E-state index is 13.2. The van der Waals surface area contributed by atoms with Crippen molar-refractivity contribution in [2.75, 3.05) is 19.6 Å². The first-order chi connectivity index (χ1) is 11.0. The van der Waals surface area contributed by atoms with E-state index in [1.807, 2.05) is 0 Å². The average Bonchev–Trinajstić information content (AvgIpc) is 3.02. The lowest BCUT2D eigenvalue weighted by Crippen LogP contribution is -2.62. The molecule has 0 aliphatic carbocycles. The minimum absolute atomic E-state index is 0.0190. The molecule has 4 amide bonds. The van der Waals surface area contributed by atoms with Crippen LogP contribution in [-0.2, 0) is 4.79 Å². The molecule has 118 valence electrons. The molecule has 0 spiro atoms. The molecule has 2 aromatic rings. The van der Waals surface area contributed by atoms with E-state index in [0.29, 0.717) is 23.4 Å². The summed E-state index contributed by atoms with van der Waals surface area (Å²) >= 11 is 1.31. The molecular weight excluding hydrogens is 321 g/mol. The number of carbonyl (C=O) groups is 3. The lowest BCUT2D eigenvalue weighted by molar-refractivity contribution is -0.128. The van der Waals surface area contributed by atoms with Crippen molar-refractivity contribution in [3.8, 4) is 0 Å². The van der Waals surface area contributed by atoms with Crippen molar-refractivity contribution in [2.45, 2.75) is 6.04 Å². The van der Waals surface area contributed by atoms with Crippen molar-refractivity contribution >= 4 is 39.3 Å². The molecule has 2 aliphatic heterocycles. The highest BCUT2D eigenvalue weighted by Crippen LogP contribution is 2.29. The number of hydrogen-bond acceptors (Lipinski definition) is 4. The van der Waals surface area contributed by atoms with Crippen molar-refractivity contribution < 1.29 is 18.8 Å². The van der Waals surface area contributed by atoms with Crippen LogP contribution in [0.2, 0.25) is 0 Å². The van der Waals surface area contributed by atoms with Gasteiger partial charge in [0, 0.05) is 17.8 Å². The lowest BCUT2D eigenvalue weighted by Gasteiger charge is -2.42. The second-order valence-corrected chi connectivity index (χ2v) is 6.66. The fourth-order valence-electron chi connectivity index (χ4n) is 2.86. The van der Waals surface area contributed by atoms with Crippen LogP contribution in [0, 0.1) is 5.82 Å². The smallest absolute Gasteiger partial charge is 0.324 e. The number of amides is 4. The number of hydrogen-bond donors (Lipinski definition) is 1. The van der Waals surface area contributed by atoms with Crippen molar-refractivity contribution in [3.05, 3.63) is 35.0 Å². The van der Waals surface area contributed by atoms with Gasteiger partial charge in [0.25, 0.3) is 5.91 Å². The Morgan fingerprint density at radius 1 is 1.26 bits per heavy atom. The van der Waals surface area contributed by atoms with Crippen LogP contribution in [0.25, 0.3) is 10.1 Å². The topological polar surface area (TPSA) is 69.7 Å². The van der Waals surface area contributed by atoms with Crippen LogP contribution >= 0.6 is 11.3 Å². The normalized spacial score (nSPS) is 18.5. The third-order valence-corrected chi connectivity index (χ3v) is 5.19. The molecule has 1 N–H and O–H groups in total. The van der Waals surface area contributed by atoms with Gasteiger partial charge in [-0.15, -0.1) is 11.3 Å². The number of carbonyl (C=O) groups excluding carboxylic acids is 3. The van der Waals surface area contributed by atoms with Crippen molar-refractivity contribution in [2.24, 2.45) is 0 Å². The van der Waals surface area contributed by atoms with Crippen LogP contribution in [0.1, 0.15) is 9.67 Å². The molecule has 0 saturated carbocycles. The van der Waals surface area contributed by atoms with Gasteiger partial charge in [0.15, 0.2) is 0 Å². The van der Waals surface area contributed by atoms with Crippen LogP contribution in [0.5, 0.6) is 0 Å². The summed E-state index contributed by atoms with van der Waals surface area (Å²) in [5.41, 5.74) is 0. The van der Waals surface area contributed by atoms with Crippen LogP contribution in [0.15, 0.2) is 24.3 Å². The zero-order valence-electron chi connectivity index (χ0n) is 11.9. The Morgan fingerprint density at radius 3 is 2.74 bits per heavy atom. The van der Waals surface area contributed by atoms with E-state index in [2.05, 4.69) is 5.32 Å². The van der Waals surface area contributed by atoms with Crippen LogP contribution in [0.4, 0.5) is 9.18 Å². The van der Waals surface area contributed by atoms with Gasteiger partial charge in [-0.1, -0.05) is 0 Å². The van der Waals surface area contributed by atoms with Gasteiger partial charge < -0.3 is 10.2 Å². The molecule has 0 bridgehead atoms. The summed E-state index contributed by atoms with van der Waals surface area (Å²) < 4.78 is 14.1. The predicted molar refractivity (Wildman–Crippen MR) is 81.7 cm³/mol. The molecule has 0 unspecified atom stereocenters. The van der Waals surface area contributed by atoms with Gasteiger partial charge in [0.1, 0.15) is 5.82 Å². The Morgan fingerprint density at radius 2 is 2.04 bits per heavy atom. The predicted octanol–water partition coefficient (Wildman–Crippen LogP) is 1.42. The Kier molecular flexibility index (Phi) is 3.08. The Bertz CT molecular complexity index is 828. The van der Waals surface area contributed by atoms with Gasteiger partial charge in [-0.3, -0.25) is 14.5 Å². The third kappa shape index (κ3) is 2.26. The Hall–Kier alpha value is -2.48. The number of rotatable bonds is 2. The van der Waals surface area contributed by atoms with Gasteiger partial charge in [0.05, 0.1) is 17.5 Å². The quantitative estimate of drug-likeness (QED) is 0.845. The number of benzene rings is 1.